The van der Waals surface area contributed by atoms with Crippen LogP contribution in [-0.2, 0) is 5.41 Å². The van der Waals surface area contributed by atoms with Crippen molar-refractivity contribution in [1.82, 2.24) is 4.98 Å². The Labute approximate surface area is 204 Å². The summed E-state index contributed by atoms with van der Waals surface area (Å²) in [5, 5.41) is 0. The predicted octanol–water partition coefficient (Wildman–Crippen LogP) is 8.09. The fraction of sp³-hybridized carbons (Fsp3) is 0.0333. The number of nitrogens with zero attached hydrogens (tertiary/aromatic N) is 1. The summed E-state index contributed by atoms with van der Waals surface area (Å²) in [6, 6.07) is 29.5. The number of para-hydroxylation sites is 2. The highest BCUT2D eigenvalue weighted by atomic mass is 79.9. The summed E-state index contributed by atoms with van der Waals surface area (Å²) in [5.74, 6) is 2.94. The van der Waals surface area contributed by atoms with Crippen molar-refractivity contribution < 1.29 is 9.47 Å². The lowest BCUT2D eigenvalue weighted by Crippen LogP contribution is -2.26. The van der Waals surface area contributed by atoms with E-state index < -0.39 is 5.41 Å². The SMILES string of the molecule is Brc1ccc2c(c1)C1(c3ccccc3-c3cc4c(cc31)Oc1ccccc1O4)c1cnccc1-2. The van der Waals surface area contributed by atoms with Gasteiger partial charge in [-0.15, -0.1) is 0 Å². The molecule has 0 N–H and O–H groups in total. The van der Waals surface area contributed by atoms with Gasteiger partial charge < -0.3 is 9.47 Å². The third-order valence-corrected chi connectivity index (χ3v) is 7.79. The van der Waals surface area contributed by atoms with Crippen LogP contribution in [0.2, 0.25) is 0 Å². The van der Waals surface area contributed by atoms with Gasteiger partial charge >= 0.3 is 0 Å². The number of benzene rings is 4. The molecule has 0 bridgehead atoms. The van der Waals surface area contributed by atoms with Crippen LogP contribution in [0.3, 0.4) is 0 Å². The van der Waals surface area contributed by atoms with Crippen molar-refractivity contribution in [3.63, 3.8) is 0 Å². The van der Waals surface area contributed by atoms with E-state index in [0.717, 1.165) is 27.5 Å². The average Bonchev–Trinajstić information content (AvgIpc) is 3.32. The van der Waals surface area contributed by atoms with E-state index in [1.807, 2.05) is 36.7 Å². The summed E-state index contributed by atoms with van der Waals surface area (Å²) in [4.78, 5) is 4.58. The minimum atomic E-state index is -0.468. The van der Waals surface area contributed by atoms with E-state index in [-0.39, 0.29) is 0 Å². The van der Waals surface area contributed by atoms with Crippen LogP contribution in [0.4, 0.5) is 0 Å². The molecule has 3 aliphatic rings. The first-order valence-corrected chi connectivity index (χ1v) is 12.0. The molecule has 1 atom stereocenters. The zero-order valence-electron chi connectivity index (χ0n) is 17.9. The molecule has 160 valence electrons. The maximum atomic E-state index is 6.35. The molecule has 1 unspecified atom stereocenters. The minimum Gasteiger partial charge on any atom is -0.450 e. The maximum absolute atomic E-state index is 6.35. The lowest BCUT2D eigenvalue weighted by Gasteiger charge is -2.31. The van der Waals surface area contributed by atoms with Crippen molar-refractivity contribution in [1.29, 1.82) is 0 Å². The normalized spacial score (nSPS) is 17.6. The molecule has 2 heterocycles. The Morgan fingerprint density at radius 1 is 0.559 bits per heavy atom. The van der Waals surface area contributed by atoms with Gasteiger partial charge in [0.25, 0.3) is 0 Å². The molecule has 0 saturated carbocycles. The van der Waals surface area contributed by atoms with Crippen LogP contribution in [0.5, 0.6) is 23.0 Å². The van der Waals surface area contributed by atoms with Crippen molar-refractivity contribution >= 4 is 15.9 Å². The van der Waals surface area contributed by atoms with E-state index >= 15 is 0 Å². The summed E-state index contributed by atoms with van der Waals surface area (Å²) in [6.07, 6.45) is 3.91. The predicted molar refractivity (Wildman–Crippen MR) is 135 cm³/mol. The van der Waals surface area contributed by atoms with Crippen molar-refractivity contribution in [2.45, 2.75) is 5.41 Å². The van der Waals surface area contributed by atoms with Crippen LogP contribution in [0.15, 0.2) is 102 Å². The Kier molecular flexibility index (Phi) is 3.47. The number of fused-ring (bicyclic) bond motifs is 12. The van der Waals surface area contributed by atoms with Gasteiger partial charge in [0.15, 0.2) is 23.0 Å². The molecule has 4 aromatic carbocycles. The number of ether oxygens (including phenoxy) is 2. The van der Waals surface area contributed by atoms with Crippen LogP contribution in [0, 0.1) is 0 Å². The third kappa shape index (κ3) is 2.15. The molecule has 0 radical (unpaired) electrons. The lowest BCUT2D eigenvalue weighted by molar-refractivity contribution is 0.359. The molecule has 4 heteroatoms. The van der Waals surface area contributed by atoms with Gasteiger partial charge in [-0.1, -0.05) is 58.4 Å². The molecule has 1 spiro atoms. The molecule has 0 fully saturated rings. The zero-order valence-corrected chi connectivity index (χ0v) is 19.5. The third-order valence-electron chi connectivity index (χ3n) is 7.30. The second kappa shape index (κ2) is 6.37. The largest absolute Gasteiger partial charge is 0.450 e. The quantitative estimate of drug-likeness (QED) is 0.210. The van der Waals surface area contributed by atoms with Gasteiger partial charge in [0.1, 0.15) is 0 Å². The van der Waals surface area contributed by atoms with Crippen LogP contribution in [0.1, 0.15) is 22.3 Å². The van der Waals surface area contributed by atoms with Crippen molar-refractivity contribution in [2.75, 3.05) is 0 Å². The van der Waals surface area contributed by atoms with Crippen LogP contribution in [0.25, 0.3) is 22.3 Å². The van der Waals surface area contributed by atoms with E-state index in [1.165, 1.54) is 44.5 Å². The molecule has 2 aliphatic carbocycles. The number of hydrogen-bond acceptors (Lipinski definition) is 3. The molecular formula is C30H16BrNO2. The smallest absolute Gasteiger partial charge is 0.170 e. The second-order valence-corrected chi connectivity index (χ2v) is 9.82. The van der Waals surface area contributed by atoms with Gasteiger partial charge in [-0.3, -0.25) is 4.98 Å². The topological polar surface area (TPSA) is 31.4 Å². The van der Waals surface area contributed by atoms with Gasteiger partial charge in [0.2, 0.25) is 0 Å². The van der Waals surface area contributed by atoms with Gasteiger partial charge in [0.05, 0.1) is 5.41 Å². The summed E-state index contributed by atoms with van der Waals surface area (Å²) < 4.78 is 13.7. The van der Waals surface area contributed by atoms with Crippen molar-refractivity contribution in [3.05, 3.63) is 124 Å². The fourth-order valence-corrected chi connectivity index (χ4v) is 6.37. The Balaban J connectivity index is 1.50. The van der Waals surface area contributed by atoms with Crippen LogP contribution >= 0.6 is 15.9 Å². The van der Waals surface area contributed by atoms with E-state index in [9.17, 15) is 0 Å². The van der Waals surface area contributed by atoms with Crippen molar-refractivity contribution in [2.24, 2.45) is 0 Å². The Morgan fingerprint density at radius 2 is 1.24 bits per heavy atom. The van der Waals surface area contributed by atoms with Gasteiger partial charge in [-0.25, -0.2) is 0 Å². The summed E-state index contributed by atoms with van der Waals surface area (Å²) in [6.45, 7) is 0. The second-order valence-electron chi connectivity index (χ2n) is 8.90. The molecule has 3 nitrogen and oxygen atoms in total. The van der Waals surface area contributed by atoms with E-state index in [0.29, 0.717) is 0 Å². The van der Waals surface area contributed by atoms with Gasteiger partial charge in [-0.2, -0.15) is 0 Å². The molecule has 8 rings (SSSR count). The zero-order chi connectivity index (χ0) is 22.4. The lowest BCUT2D eigenvalue weighted by atomic mass is 9.71. The molecule has 34 heavy (non-hydrogen) atoms. The van der Waals surface area contributed by atoms with E-state index in [1.54, 1.807) is 0 Å². The first-order valence-electron chi connectivity index (χ1n) is 11.2. The van der Waals surface area contributed by atoms with Crippen LogP contribution < -0.4 is 9.47 Å². The molecule has 5 aromatic rings. The average molecular weight is 502 g/mol. The summed E-state index contributed by atoms with van der Waals surface area (Å²) >= 11 is 3.74. The van der Waals surface area contributed by atoms with E-state index in [4.69, 9.17) is 9.47 Å². The molecule has 1 aromatic heterocycles. The first-order chi connectivity index (χ1) is 16.7. The number of pyridine rings is 1. The number of halogens is 1. The van der Waals surface area contributed by atoms with E-state index in [2.05, 4.69) is 81.6 Å². The van der Waals surface area contributed by atoms with Gasteiger partial charge in [0, 0.05) is 16.9 Å². The molecule has 1 aliphatic heterocycles. The van der Waals surface area contributed by atoms with Gasteiger partial charge in [-0.05, 0) is 87.0 Å². The monoisotopic (exact) mass is 501 g/mol. The number of hydrogen-bond donors (Lipinski definition) is 0. The fourth-order valence-electron chi connectivity index (χ4n) is 6.01. The highest BCUT2D eigenvalue weighted by Gasteiger charge is 2.52. The van der Waals surface area contributed by atoms with Crippen molar-refractivity contribution in [3.8, 4) is 45.3 Å². The molecule has 0 amide bonds. The molecule has 0 saturated heterocycles. The minimum absolute atomic E-state index is 0.468. The Morgan fingerprint density at radius 3 is 2.09 bits per heavy atom. The summed E-state index contributed by atoms with van der Waals surface area (Å²) in [5.41, 5.74) is 9.29. The standard InChI is InChI=1S/C30H16BrNO2/c31-17-9-10-19-20-11-12-32-16-25(20)30(23(19)13-17)22-6-2-1-5-18(22)21-14-28-29(15-24(21)30)34-27-8-4-3-7-26(27)33-28/h1-16H. The molecular weight excluding hydrogens is 486 g/mol. The number of aromatic nitrogens is 1. The highest BCUT2D eigenvalue weighted by Crippen LogP contribution is 2.64. The first kappa shape index (κ1) is 18.5. The number of rotatable bonds is 0. The van der Waals surface area contributed by atoms with Crippen LogP contribution in [-0.4, -0.2) is 4.98 Å². The highest BCUT2D eigenvalue weighted by molar-refractivity contribution is 9.10. The maximum Gasteiger partial charge on any atom is 0.170 e. The Hall–Kier alpha value is -3.89. The Bertz CT molecular complexity index is 1690. The summed E-state index contributed by atoms with van der Waals surface area (Å²) in [7, 11) is 0.